The molecule has 0 aliphatic heterocycles. The maximum Gasteiger partial charge on any atom is 0.132 e. The van der Waals surface area contributed by atoms with E-state index in [1.165, 1.54) is 19.3 Å². The van der Waals surface area contributed by atoms with Gasteiger partial charge in [0.1, 0.15) is 5.78 Å². The lowest BCUT2D eigenvalue weighted by atomic mass is 10.1. The zero-order chi connectivity index (χ0) is 9.94. The third-order valence-electron chi connectivity index (χ3n) is 2.05. The average molecular weight is 181 g/mol. The third kappa shape index (κ3) is 9.07. The van der Waals surface area contributed by atoms with Crippen LogP contribution in [0, 0.1) is 11.3 Å². The Bertz CT molecular complexity index is 169. The van der Waals surface area contributed by atoms with Gasteiger partial charge in [0.2, 0.25) is 0 Å². The molecule has 0 aliphatic carbocycles. The van der Waals surface area contributed by atoms with Crippen molar-refractivity contribution in [2.45, 2.75) is 58.3 Å². The van der Waals surface area contributed by atoms with E-state index < -0.39 is 0 Å². The Kier molecular flexibility index (Phi) is 8.65. The Hall–Kier alpha value is -0.840. The van der Waals surface area contributed by atoms with Gasteiger partial charge in [-0.2, -0.15) is 5.26 Å². The first-order chi connectivity index (χ1) is 6.31. The molecule has 0 aromatic carbocycles. The molecule has 2 nitrogen and oxygen atoms in total. The normalized spacial score (nSPS) is 9.54. The van der Waals surface area contributed by atoms with Gasteiger partial charge in [-0.15, -0.1) is 0 Å². The van der Waals surface area contributed by atoms with Crippen molar-refractivity contribution in [3.8, 4) is 6.07 Å². The Balaban J connectivity index is 3.16. The second-order valence-electron chi connectivity index (χ2n) is 3.36. The van der Waals surface area contributed by atoms with Crippen LogP contribution in [0.2, 0.25) is 0 Å². The average Bonchev–Trinajstić information content (AvgIpc) is 2.13. The molecule has 74 valence electrons. The van der Waals surface area contributed by atoms with E-state index in [9.17, 15) is 4.79 Å². The van der Waals surface area contributed by atoms with Crippen molar-refractivity contribution in [3.05, 3.63) is 0 Å². The van der Waals surface area contributed by atoms with Crippen molar-refractivity contribution >= 4 is 5.78 Å². The molecule has 0 spiro atoms. The Morgan fingerprint density at radius 1 is 1.15 bits per heavy atom. The molecule has 0 aromatic heterocycles. The molecular weight excluding hydrogens is 162 g/mol. The highest BCUT2D eigenvalue weighted by Crippen LogP contribution is 2.06. The summed E-state index contributed by atoms with van der Waals surface area (Å²) in [5.41, 5.74) is 0. The van der Waals surface area contributed by atoms with Gasteiger partial charge in [0.05, 0.1) is 6.07 Å². The standard InChI is InChI=1S/C11H19NO/c1-2-3-4-5-8-11(13)9-6-7-10-12/h2-9H2,1H3. The molecule has 0 atom stereocenters. The van der Waals surface area contributed by atoms with Crippen LogP contribution in [-0.4, -0.2) is 5.78 Å². The fraction of sp³-hybridized carbons (Fsp3) is 0.818. The second-order valence-corrected chi connectivity index (χ2v) is 3.36. The van der Waals surface area contributed by atoms with Crippen LogP contribution < -0.4 is 0 Å². The fourth-order valence-electron chi connectivity index (χ4n) is 1.24. The van der Waals surface area contributed by atoms with E-state index in [0.29, 0.717) is 25.0 Å². The fourth-order valence-corrected chi connectivity index (χ4v) is 1.24. The molecule has 0 amide bonds. The molecule has 0 saturated heterocycles. The summed E-state index contributed by atoms with van der Waals surface area (Å²) in [5.74, 6) is 0.325. The van der Waals surface area contributed by atoms with Crippen LogP contribution in [0.15, 0.2) is 0 Å². The van der Waals surface area contributed by atoms with Gasteiger partial charge >= 0.3 is 0 Å². The molecule has 0 radical (unpaired) electrons. The van der Waals surface area contributed by atoms with Crippen LogP contribution in [-0.2, 0) is 4.79 Å². The monoisotopic (exact) mass is 181 g/mol. The molecule has 0 rings (SSSR count). The third-order valence-corrected chi connectivity index (χ3v) is 2.05. The minimum Gasteiger partial charge on any atom is -0.300 e. The largest absolute Gasteiger partial charge is 0.300 e. The van der Waals surface area contributed by atoms with Crippen LogP contribution in [0.4, 0.5) is 0 Å². The molecule has 0 aromatic rings. The zero-order valence-electron chi connectivity index (χ0n) is 8.51. The summed E-state index contributed by atoms with van der Waals surface area (Å²) < 4.78 is 0. The van der Waals surface area contributed by atoms with Crippen LogP contribution in [0.3, 0.4) is 0 Å². The van der Waals surface area contributed by atoms with E-state index in [1.807, 2.05) is 6.07 Å². The molecule has 0 saturated carbocycles. The number of rotatable bonds is 8. The van der Waals surface area contributed by atoms with Crippen molar-refractivity contribution < 1.29 is 4.79 Å². The van der Waals surface area contributed by atoms with Crippen molar-refractivity contribution in [2.75, 3.05) is 0 Å². The molecule has 0 heterocycles. The minimum absolute atomic E-state index is 0.325. The summed E-state index contributed by atoms with van der Waals surface area (Å²) in [7, 11) is 0. The number of hydrogen-bond acceptors (Lipinski definition) is 2. The molecule has 0 N–H and O–H groups in total. The lowest BCUT2D eigenvalue weighted by Crippen LogP contribution is -1.97. The minimum atomic E-state index is 0.325. The summed E-state index contributed by atoms with van der Waals surface area (Å²) in [4.78, 5) is 11.2. The van der Waals surface area contributed by atoms with Crippen LogP contribution in [0.5, 0.6) is 0 Å². The number of unbranched alkanes of at least 4 members (excludes halogenated alkanes) is 4. The van der Waals surface area contributed by atoms with Gasteiger partial charge in [-0.1, -0.05) is 26.2 Å². The Labute approximate surface area is 80.9 Å². The molecule has 0 aliphatic rings. The molecular formula is C11H19NO. The summed E-state index contributed by atoms with van der Waals surface area (Å²) in [6.45, 7) is 2.16. The number of carbonyl (C=O) groups is 1. The maximum absolute atomic E-state index is 11.2. The number of nitrogens with zero attached hydrogens (tertiary/aromatic N) is 1. The van der Waals surface area contributed by atoms with Gasteiger partial charge in [-0.3, -0.25) is 4.79 Å². The lowest BCUT2D eigenvalue weighted by Gasteiger charge is -1.98. The second kappa shape index (κ2) is 9.25. The molecule has 0 bridgehead atoms. The smallest absolute Gasteiger partial charge is 0.132 e. The van der Waals surface area contributed by atoms with Gasteiger partial charge < -0.3 is 0 Å². The summed E-state index contributed by atoms with van der Waals surface area (Å²) in [5, 5.41) is 8.26. The first-order valence-corrected chi connectivity index (χ1v) is 5.20. The van der Waals surface area contributed by atoms with E-state index in [2.05, 4.69) is 6.92 Å². The van der Waals surface area contributed by atoms with Crippen molar-refractivity contribution in [1.29, 1.82) is 5.26 Å². The predicted octanol–water partition coefficient (Wildman–Crippen LogP) is 3.22. The molecule has 0 fully saturated rings. The quantitative estimate of drug-likeness (QED) is 0.539. The van der Waals surface area contributed by atoms with E-state index in [-0.39, 0.29) is 0 Å². The van der Waals surface area contributed by atoms with Gasteiger partial charge in [-0.05, 0) is 12.8 Å². The first-order valence-electron chi connectivity index (χ1n) is 5.20. The van der Waals surface area contributed by atoms with Crippen molar-refractivity contribution in [3.63, 3.8) is 0 Å². The van der Waals surface area contributed by atoms with Gasteiger partial charge in [-0.25, -0.2) is 0 Å². The van der Waals surface area contributed by atoms with Crippen LogP contribution >= 0.6 is 0 Å². The van der Waals surface area contributed by atoms with E-state index >= 15 is 0 Å². The van der Waals surface area contributed by atoms with Gasteiger partial charge in [0.25, 0.3) is 0 Å². The maximum atomic E-state index is 11.2. The van der Waals surface area contributed by atoms with E-state index in [1.54, 1.807) is 0 Å². The van der Waals surface area contributed by atoms with Crippen LogP contribution in [0.1, 0.15) is 58.3 Å². The summed E-state index contributed by atoms with van der Waals surface area (Å²) >= 11 is 0. The lowest BCUT2D eigenvalue weighted by molar-refractivity contribution is -0.119. The number of ketones is 1. The number of carbonyl (C=O) groups excluding carboxylic acids is 1. The highest BCUT2D eigenvalue weighted by atomic mass is 16.1. The number of hydrogen-bond donors (Lipinski definition) is 0. The summed E-state index contributed by atoms with van der Waals surface area (Å²) in [6.07, 6.45) is 7.20. The van der Waals surface area contributed by atoms with Gasteiger partial charge in [0, 0.05) is 19.3 Å². The first kappa shape index (κ1) is 12.2. The zero-order valence-corrected chi connectivity index (χ0v) is 8.51. The Morgan fingerprint density at radius 3 is 2.46 bits per heavy atom. The summed E-state index contributed by atoms with van der Waals surface area (Å²) in [6, 6.07) is 2.05. The topological polar surface area (TPSA) is 40.9 Å². The molecule has 2 heteroatoms. The van der Waals surface area contributed by atoms with Crippen molar-refractivity contribution in [2.24, 2.45) is 0 Å². The predicted molar refractivity (Wildman–Crippen MR) is 53.2 cm³/mol. The van der Waals surface area contributed by atoms with Crippen LogP contribution in [0.25, 0.3) is 0 Å². The Morgan fingerprint density at radius 2 is 1.85 bits per heavy atom. The highest BCUT2D eigenvalue weighted by Gasteiger charge is 2.00. The number of Topliss-reactive ketones (excluding diaryl/α,β-unsaturated/α-hetero) is 1. The molecule has 13 heavy (non-hydrogen) atoms. The van der Waals surface area contributed by atoms with Crippen molar-refractivity contribution in [1.82, 2.24) is 0 Å². The van der Waals surface area contributed by atoms with Gasteiger partial charge in [0.15, 0.2) is 0 Å². The molecule has 0 unspecified atom stereocenters. The highest BCUT2D eigenvalue weighted by molar-refractivity contribution is 5.78. The SMILES string of the molecule is CCCCCCC(=O)CCCC#N. The number of nitriles is 1. The van der Waals surface area contributed by atoms with E-state index in [4.69, 9.17) is 5.26 Å². The van der Waals surface area contributed by atoms with E-state index in [0.717, 1.165) is 12.8 Å².